The Morgan fingerprint density at radius 3 is 2.30 bits per heavy atom. The van der Waals surface area contributed by atoms with Gasteiger partial charge in [0.25, 0.3) is 5.91 Å². The first-order valence-corrected chi connectivity index (χ1v) is 15.0. The molecule has 2 N–H and O–H groups in total. The van der Waals surface area contributed by atoms with Crippen LogP contribution in [-0.4, -0.2) is 28.0 Å². The molecular formula is C36H39FN2O4. The Bertz CT molecular complexity index is 1590. The summed E-state index contributed by atoms with van der Waals surface area (Å²) in [6.45, 7) is 6.53. The van der Waals surface area contributed by atoms with Crippen LogP contribution in [0.5, 0.6) is 11.5 Å². The number of carbonyl (C=O) groups is 2. The molecule has 0 unspecified atom stereocenters. The van der Waals surface area contributed by atoms with Crippen molar-refractivity contribution >= 4 is 22.6 Å². The van der Waals surface area contributed by atoms with Crippen LogP contribution in [0.1, 0.15) is 80.2 Å². The van der Waals surface area contributed by atoms with Crippen molar-refractivity contribution in [2.24, 2.45) is 5.92 Å². The van der Waals surface area contributed by atoms with E-state index >= 15 is 0 Å². The SMILES string of the molecule is CC(C)(C)c1ccc(Oc2ccc3cc(C(=O)N[C@H](CC(=O)O)Cc4ccc(F)cc4)nc(CC4CCCC4)c3c2)cc1. The van der Waals surface area contributed by atoms with Crippen molar-refractivity contribution in [3.63, 3.8) is 0 Å². The molecule has 1 aliphatic carbocycles. The minimum absolute atomic E-state index is 0.0564. The van der Waals surface area contributed by atoms with Gasteiger partial charge in [0.1, 0.15) is 23.0 Å². The number of carboxylic acid groups (broad SMARTS) is 1. The Balaban J connectivity index is 1.42. The van der Waals surface area contributed by atoms with Crippen LogP contribution in [0.25, 0.3) is 10.8 Å². The summed E-state index contributed by atoms with van der Waals surface area (Å²) in [5.41, 5.74) is 3.12. The summed E-state index contributed by atoms with van der Waals surface area (Å²) in [6, 6.07) is 20.9. The first-order chi connectivity index (χ1) is 20.5. The van der Waals surface area contributed by atoms with Crippen LogP contribution in [0.3, 0.4) is 0 Å². The maximum Gasteiger partial charge on any atom is 0.305 e. The van der Waals surface area contributed by atoms with Gasteiger partial charge in [0.15, 0.2) is 0 Å². The second-order valence-electron chi connectivity index (χ2n) is 12.7. The van der Waals surface area contributed by atoms with Gasteiger partial charge in [0, 0.05) is 17.1 Å². The molecule has 0 saturated heterocycles. The van der Waals surface area contributed by atoms with Crippen molar-refractivity contribution in [1.29, 1.82) is 0 Å². The Labute approximate surface area is 252 Å². The fraction of sp³-hybridized carbons (Fsp3) is 0.361. The summed E-state index contributed by atoms with van der Waals surface area (Å²) in [6.07, 6.45) is 5.42. The molecule has 1 saturated carbocycles. The highest BCUT2D eigenvalue weighted by Gasteiger charge is 2.22. The molecule has 5 rings (SSSR count). The van der Waals surface area contributed by atoms with Gasteiger partial charge in [-0.3, -0.25) is 9.59 Å². The minimum atomic E-state index is -1.03. The van der Waals surface area contributed by atoms with Crippen molar-refractivity contribution < 1.29 is 23.8 Å². The maximum atomic E-state index is 13.5. The van der Waals surface area contributed by atoms with Crippen LogP contribution in [0.2, 0.25) is 0 Å². The highest BCUT2D eigenvalue weighted by Crippen LogP contribution is 2.33. The summed E-state index contributed by atoms with van der Waals surface area (Å²) < 4.78 is 19.6. The van der Waals surface area contributed by atoms with E-state index in [0.717, 1.165) is 47.0 Å². The Morgan fingerprint density at radius 1 is 0.977 bits per heavy atom. The van der Waals surface area contributed by atoms with Crippen LogP contribution in [-0.2, 0) is 23.1 Å². The molecule has 0 aliphatic heterocycles. The molecule has 1 atom stereocenters. The fourth-order valence-electron chi connectivity index (χ4n) is 5.83. The zero-order chi connectivity index (χ0) is 30.6. The summed E-state index contributed by atoms with van der Waals surface area (Å²) in [4.78, 5) is 29.9. The molecule has 7 heteroatoms. The molecule has 3 aromatic carbocycles. The van der Waals surface area contributed by atoms with Crippen LogP contribution in [0.15, 0.2) is 72.8 Å². The summed E-state index contributed by atoms with van der Waals surface area (Å²) in [5, 5.41) is 14.2. The Kier molecular flexibility index (Phi) is 9.09. The lowest BCUT2D eigenvalue weighted by atomic mass is 9.87. The number of carboxylic acids is 1. The molecule has 224 valence electrons. The van der Waals surface area contributed by atoms with E-state index in [9.17, 15) is 19.1 Å². The Morgan fingerprint density at radius 2 is 1.65 bits per heavy atom. The first kappa shape index (κ1) is 30.2. The number of pyridine rings is 1. The molecule has 6 nitrogen and oxygen atoms in total. The predicted octanol–water partition coefficient (Wildman–Crippen LogP) is 8.01. The number of amides is 1. The van der Waals surface area contributed by atoms with E-state index in [1.807, 2.05) is 30.3 Å². The zero-order valence-corrected chi connectivity index (χ0v) is 25.0. The van der Waals surface area contributed by atoms with Gasteiger partial charge in [0.2, 0.25) is 0 Å². The average Bonchev–Trinajstić information content (AvgIpc) is 3.47. The van der Waals surface area contributed by atoms with Crippen LogP contribution in [0, 0.1) is 11.7 Å². The number of fused-ring (bicyclic) bond motifs is 1. The molecule has 0 spiro atoms. The third kappa shape index (κ3) is 7.98. The number of nitrogens with zero attached hydrogens (tertiary/aromatic N) is 1. The number of rotatable bonds is 10. The molecular weight excluding hydrogens is 543 g/mol. The number of hydrogen-bond acceptors (Lipinski definition) is 4. The highest BCUT2D eigenvalue weighted by atomic mass is 19.1. The largest absolute Gasteiger partial charge is 0.481 e. The van der Waals surface area contributed by atoms with Crippen LogP contribution in [0.4, 0.5) is 4.39 Å². The van der Waals surface area contributed by atoms with E-state index in [1.165, 1.54) is 30.5 Å². The quantitative estimate of drug-likeness (QED) is 0.198. The standard InChI is InChI=1S/C36H39FN2O4/c1-36(2,3)26-11-16-29(17-12-26)43-30-15-10-25-20-33(39-32(31(25)22-30)19-23-6-4-5-7-23)35(42)38-28(21-34(40)41)18-24-8-13-27(37)14-9-24/h8-17,20,22-23,28H,4-7,18-19,21H2,1-3H3,(H,38,42)(H,40,41)/t28-/m0/s1. The molecule has 0 radical (unpaired) electrons. The number of aromatic nitrogens is 1. The molecule has 0 bridgehead atoms. The van der Waals surface area contributed by atoms with Crippen LogP contribution < -0.4 is 10.1 Å². The lowest BCUT2D eigenvalue weighted by Gasteiger charge is -2.19. The van der Waals surface area contributed by atoms with Gasteiger partial charge >= 0.3 is 5.97 Å². The van der Waals surface area contributed by atoms with Crippen LogP contribution >= 0.6 is 0 Å². The highest BCUT2D eigenvalue weighted by molar-refractivity contribution is 5.98. The molecule has 1 aromatic heterocycles. The smallest absolute Gasteiger partial charge is 0.305 e. The van der Waals surface area contributed by atoms with E-state index in [2.05, 4.69) is 38.2 Å². The van der Waals surface area contributed by atoms with Crippen molar-refractivity contribution in [2.75, 3.05) is 0 Å². The molecule has 43 heavy (non-hydrogen) atoms. The van der Waals surface area contributed by atoms with E-state index in [0.29, 0.717) is 11.7 Å². The van der Waals surface area contributed by atoms with Gasteiger partial charge in [-0.15, -0.1) is 0 Å². The number of benzene rings is 3. The fourth-order valence-corrected chi connectivity index (χ4v) is 5.83. The lowest BCUT2D eigenvalue weighted by molar-refractivity contribution is -0.137. The average molecular weight is 583 g/mol. The third-order valence-electron chi connectivity index (χ3n) is 8.18. The van der Waals surface area contributed by atoms with Crippen molar-refractivity contribution in [3.8, 4) is 11.5 Å². The number of nitrogens with one attached hydrogen (secondary N) is 1. The zero-order valence-electron chi connectivity index (χ0n) is 25.0. The van der Waals surface area contributed by atoms with E-state index in [-0.39, 0.29) is 29.8 Å². The molecule has 1 heterocycles. The molecule has 1 fully saturated rings. The normalized spacial score (nSPS) is 14.5. The van der Waals surface area contributed by atoms with Crippen molar-refractivity contribution in [1.82, 2.24) is 10.3 Å². The van der Waals surface area contributed by atoms with Crippen molar-refractivity contribution in [3.05, 3.63) is 101 Å². The van der Waals surface area contributed by atoms with E-state index in [4.69, 9.17) is 9.72 Å². The number of carbonyl (C=O) groups excluding carboxylic acids is 1. The number of ether oxygens (including phenoxy) is 1. The number of aliphatic carboxylic acids is 1. The molecule has 1 aliphatic rings. The summed E-state index contributed by atoms with van der Waals surface area (Å²) in [7, 11) is 0. The Hall–Kier alpha value is -4.26. The van der Waals surface area contributed by atoms with E-state index < -0.39 is 17.9 Å². The first-order valence-electron chi connectivity index (χ1n) is 15.0. The van der Waals surface area contributed by atoms with Gasteiger partial charge < -0.3 is 15.2 Å². The topological polar surface area (TPSA) is 88.5 Å². The second kappa shape index (κ2) is 12.9. The summed E-state index contributed by atoms with van der Waals surface area (Å²) >= 11 is 0. The monoisotopic (exact) mass is 582 g/mol. The van der Waals surface area contributed by atoms with Gasteiger partial charge in [0.05, 0.1) is 6.42 Å². The van der Waals surface area contributed by atoms with Gasteiger partial charge in [-0.05, 0) is 83.2 Å². The van der Waals surface area contributed by atoms with E-state index in [1.54, 1.807) is 18.2 Å². The molecule has 1 amide bonds. The molecule has 4 aromatic rings. The predicted molar refractivity (Wildman–Crippen MR) is 166 cm³/mol. The van der Waals surface area contributed by atoms with Gasteiger partial charge in [-0.2, -0.15) is 0 Å². The van der Waals surface area contributed by atoms with Gasteiger partial charge in [-0.1, -0.05) is 76.8 Å². The van der Waals surface area contributed by atoms with Gasteiger partial charge in [-0.25, -0.2) is 9.37 Å². The lowest BCUT2D eigenvalue weighted by Crippen LogP contribution is -2.38. The third-order valence-corrected chi connectivity index (χ3v) is 8.18. The number of hydrogen-bond donors (Lipinski definition) is 2. The number of halogens is 1. The second-order valence-corrected chi connectivity index (χ2v) is 12.7. The minimum Gasteiger partial charge on any atom is -0.481 e. The van der Waals surface area contributed by atoms with Crippen molar-refractivity contribution in [2.45, 2.75) is 77.2 Å². The summed E-state index contributed by atoms with van der Waals surface area (Å²) in [5.74, 6) is 0.123. The maximum absolute atomic E-state index is 13.5.